The number of hydrogen-bond acceptors (Lipinski definition) is 4. The number of aromatic nitrogens is 1. The predicted octanol–water partition coefficient (Wildman–Crippen LogP) is 3.29. The Bertz CT molecular complexity index is 581. The number of pyridine rings is 1. The molecule has 2 rings (SSSR count). The van der Waals surface area contributed by atoms with Gasteiger partial charge < -0.3 is 14.7 Å². The van der Waals surface area contributed by atoms with E-state index in [1.165, 1.54) is 0 Å². The van der Waals surface area contributed by atoms with Gasteiger partial charge in [0.1, 0.15) is 10.2 Å². The lowest BCUT2D eigenvalue weighted by atomic mass is 9.86. The van der Waals surface area contributed by atoms with Crippen molar-refractivity contribution in [1.29, 1.82) is 0 Å². The third-order valence-corrected chi connectivity index (χ3v) is 4.20. The van der Waals surface area contributed by atoms with Crippen LogP contribution in [0.2, 0.25) is 0 Å². The van der Waals surface area contributed by atoms with Crippen LogP contribution in [0.25, 0.3) is 0 Å². The summed E-state index contributed by atoms with van der Waals surface area (Å²) in [5.74, 6) is -0.581. The number of rotatable bonds is 2. The Labute approximate surface area is 144 Å². The second-order valence-electron chi connectivity index (χ2n) is 6.95. The number of nitrogens with zero attached hydrogens (tertiary/aromatic N) is 2. The van der Waals surface area contributed by atoms with Gasteiger partial charge in [-0.1, -0.05) is 6.07 Å². The lowest BCUT2D eigenvalue weighted by Gasteiger charge is -2.38. The van der Waals surface area contributed by atoms with Crippen molar-refractivity contribution in [2.75, 3.05) is 13.1 Å². The molecule has 1 fully saturated rings. The number of halogens is 2. The number of hydrogen-bond donors (Lipinski definition) is 1. The molecule has 0 unspecified atom stereocenters. The highest BCUT2D eigenvalue weighted by atomic mass is 79.9. The van der Waals surface area contributed by atoms with Crippen molar-refractivity contribution in [3.05, 3.63) is 28.2 Å². The minimum absolute atomic E-state index is 0.182. The molecule has 1 aromatic heterocycles. The summed E-state index contributed by atoms with van der Waals surface area (Å²) in [6.45, 7) is 6.21. The molecule has 1 aliphatic heterocycles. The molecule has 0 bridgehead atoms. The molecule has 7 heteroatoms. The average Bonchev–Trinajstić information content (AvgIpc) is 2.41. The SMILES string of the molecule is CC(C)(C)OC(=O)N1CCC(O)(Cc2ccc(Br)nc2F)CC1. The summed E-state index contributed by atoms with van der Waals surface area (Å²) in [6, 6.07) is 3.27. The summed E-state index contributed by atoms with van der Waals surface area (Å²) < 4.78 is 19.6. The standard InChI is InChI=1S/C16H22BrFN2O3/c1-15(2,3)23-14(21)20-8-6-16(22,7-9-20)10-11-4-5-12(17)19-13(11)18/h4-5,22H,6-10H2,1-3H3. The Morgan fingerprint density at radius 3 is 2.57 bits per heavy atom. The molecular weight excluding hydrogens is 367 g/mol. The summed E-state index contributed by atoms with van der Waals surface area (Å²) in [4.78, 5) is 17.3. The number of ether oxygens (including phenoxy) is 1. The van der Waals surface area contributed by atoms with Crippen molar-refractivity contribution in [2.24, 2.45) is 0 Å². The van der Waals surface area contributed by atoms with Gasteiger partial charge in [-0.2, -0.15) is 4.39 Å². The zero-order chi connectivity index (χ0) is 17.3. The van der Waals surface area contributed by atoms with Crippen LogP contribution in [0.4, 0.5) is 9.18 Å². The maximum Gasteiger partial charge on any atom is 0.410 e. The van der Waals surface area contributed by atoms with Gasteiger partial charge in [0.05, 0.1) is 5.60 Å². The largest absolute Gasteiger partial charge is 0.444 e. The van der Waals surface area contributed by atoms with Crippen LogP contribution in [0.1, 0.15) is 39.2 Å². The van der Waals surface area contributed by atoms with Crippen LogP contribution >= 0.6 is 15.9 Å². The molecule has 0 saturated carbocycles. The van der Waals surface area contributed by atoms with Gasteiger partial charge in [-0.25, -0.2) is 9.78 Å². The Kier molecular flexibility index (Phi) is 5.30. The molecule has 0 spiro atoms. The van der Waals surface area contributed by atoms with Crippen molar-refractivity contribution in [2.45, 2.75) is 51.2 Å². The van der Waals surface area contributed by atoms with Gasteiger partial charge >= 0.3 is 6.09 Å². The average molecular weight is 389 g/mol. The molecule has 1 aliphatic rings. The Balaban J connectivity index is 1.95. The first kappa shape index (κ1) is 18.1. The quantitative estimate of drug-likeness (QED) is 0.789. The van der Waals surface area contributed by atoms with E-state index in [0.29, 0.717) is 36.1 Å². The maximum atomic E-state index is 13.8. The summed E-state index contributed by atoms with van der Waals surface area (Å²) in [5, 5.41) is 10.7. The molecule has 1 N–H and O–H groups in total. The van der Waals surface area contributed by atoms with Gasteiger partial charge in [0.15, 0.2) is 0 Å². The molecule has 1 amide bonds. The number of carbonyl (C=O) groups is 1. The predicted molar refractivity (Wildman–Crippen MR) is 87.6 cm³/mol. The molecule has 0 aliphatic carbocycles. The van der Waals surface area contributed by atoms with Crippen LogP contribution < -0.4 is 0 Å². The molecule has 0 radical (unpaired) electrons. The molecule has 1 saturated heterocycles. The van der Waals surface area contributed by atoms with E-state index in [1.807, 2.05) is 20.8 Å². The summed E-state index contributed by atoms with van der Waals surface area (Å²) in [7, 11) is 0. The summed E-state index contributed by atoms with van der Waals surface area (Å²) in [6.07, 6.45) is 0.557. The van der Waals surface area contributed by atoms with Gasteiger partial charge in [-0.15, -0.1) is 0 Å². The van der Waals surface area contributed by atoms with Gasteiger partial charge in [-0.3, -0.25) is 0 Å². The highest BCUT2D eigenvalue weighted by molar-refractivity contribution is 9.10. The molecule has 1 aromatic rings. The van der Waals surface area contributed by atoms with Crippen LogP contribution in [-0.2, 0) is 11.2 Å². The fraction of sp³-hybridized carbons (Fsp3) is 0.625. The second-order valence-corrected chi connectivity index (χ2v) is 7.76. The van der Waals surface area contributed by atoms with Crippen LogP contribution in [-0.4, -0.2) is 45.4 Å². The minimum Gasteiger partial charge on any atom is -0.444 e. The molecular formula is C16H22BrFN2O3. The van der Waals surface area contributed by atoms with Crippen LogP contribution in [0.15, 0.2) is 16.7 Å². The van der Waals surface area contributed by atoms with Crippen LogP contribution in [0.3, 0.4) is 0 Å². The highest BCUT2D eigenvalue weighted by Gasteiger charge is 2.36. The Morgan fingerprint density at radius 2 is 2.04 bits per heavy atom. The molecule has 2 heterocycles. The van der Waals surface area contributed by atoms with Crippen molar-refractivity contribution < 1.29 is 19.0 Å². The van der Waals surface area contributed by atoms with E-state index >= 15 is 0 Å². The fourth-order valence-corrected chi connectivity index (χ4v) is 2.82. The molecule has 128 valence electrons. The zero-order valence-electron chi connectivity index (χ0n) is 13.6. The first-order valence-electron chi connectivity index (χ1n) is 7.59. The van der Waals surface area contributed by atoms with E-state index in [1.54, 1.807) is 17.0 Å². The van der Waals surface area contributed by atoms with Gasteiger partial charge in [0.25, 0.3) is 0 Å². The number of amides is 1. The van der Waals surface area contributed by atoms with Crippen LogP contribution in [0, 0.1) is 5.95 Å². The van der Waals surface area contributed by atoms with Crippen molar-refractivity contribution in [1.82, 2.24) is 9.88 Å². The fourth-order valence-electron chi connectivity index (χ4n) is 2.54. The Hall–Kier alpha value is -1.21. The molecule has 23 heavy (non-hydrogen) atoms. The normalized spacial score (nSPS) is 17.9. The lowest BCUT2D eigenvalue weighted by Crippen LogP contribution is -2.49. The maximum absolute atomic E-state index is 13.8. The van der Waals surface area contributed by atoms with Gasteiger partial charge in [-0.05, 0) is 55.6 Å². The minimum atomic E-state index is -1.03. The van der Waals surface area contributed by atoms with Crippen molar-refractivity contribution in [3.8, 4) is 0 Å². The number of likely N-dealkylation sites (tertiary alicyclic amines) is 1. The van der Waals surface area contributed by atoms with E-state index in [-0.39, 0.29) is 12.5 Å². The third kappa shape index (κ3) is 5.14. The highest BCUT2D eigenvalue weighted by Crippen LogP contribution is 2.28. The number of aliphatic hydroxyl groups is 1. The van der Waals surface area contributed by atoms with E-state index in [9.17, 15) is 14.3 Å². The molecule has 0 atom stereocenters. The van der Waals surface area contributed by atoms with Crippen molar-refractivity contribution >= 4 is 22.0 Å². The summed E-state index contributed by atoms with van der Waals surface area (Å²) >= 11 is 3.11. The Morgan fingerprint density at radius 1 is 1.43 bits per heavy atom. The molecule has 0 aromatic carbocycles. The number of carbonyl (C=O) groups excluding carboxylic acids is 1. The lowest BCUT2D eigenvalue weighted by molar-refractivity contribution is -0.0320. The van der Waals surface area contributed by atoms with E-state index in [0.717, 1.165) is 0 Å². The monoisotopic (exact) mass is 388 g/mol. The van der Waals surface area contributed by atoms with E-state index in [4.69, 9.17) is 4.74 Å². The second kappa shape index (κ2) is 6.73. The first-order chi connectivity index (χ1) is 10.6. The summed E-state index contributed by atoms with van der Waals surface area (Å²) in [5.41, 5.74) is -1.20. The van der Waals surface area contributed by atoms with Gasteiger partial charge in [0.2, 0.25) is 5.95 Å². The van der Waals surface area contributed by atoms with E-state index in [2.05, 4.69) is 20.9 Å². The first-order valence-corrected chi connectivity index (χ1v) is 8.39. The van der Waals surface area contributed by atoms with Crippen molar-refractivity contribution in [3.63, 3.8) is 0 Å². The molecule has 5 nitrogen and oxygen atoms in total. The topological polar surface area (TPSA) is 62.7 Å². The third-order valence-electron chi connectivity index (χ3n) is 3.76. The van der Waals surface area contributed by atoms with E-state index < -0.39 is 17.1 Å². The zero-order valence-corrected chi connectivity index (χ0v) is 15.2. The van der Waals surface area contributed by atoms with Crippen LogP contribution in [0.5, 0.6) is 0 Å². The smallest absolute Gasteiger partial charge is 0.410 e. The van der Waals surface area contributed by atoms with Gasteiger partial charge in [0, 0.05) is 25.1 Å². The number of piperidine rings is 1.